The minimum absolute atomic E-state index is 0.220. The first-order chi connectivity index (χ1) is 47.6. The first-order valence-corrected chi connectivity index (χ1v) is 33.3. The summed E-state index contributed by atoms with van der Waals surface area (Å²) in [6, 6.07) is 30.5. The third-order valence-electron chi connectivity index (χ3n) is 18.0. The van der Waals surface area contributed by atoms with E-state index in [1.807, 2.05) is 186 Å². The number of aryl methyl sites for hydroxylation is 6. The van der Waals surface area contributed by atoms with Gasteiger partial charge in [-0.15, -0.1) is 0 Å². The molecular formula is C73H81N23O2. The zero-order valence-corrected chi connectivity index (χ0v) is 56.5. The van der Waals surface area contributed by atoms with E-state index in [1.165, 1.54) is 19.3 Å². The Morgan fingerprint density at radius 1 is 0.418 bits per heavy atom. The fourth-order valence-corrected chi connectivity index (χ4v) is 12.4. The predicted octanol–water partition coefficient (Wildman–Crippen LogP) is 10.9. The van der Waals surface area contributed by atoms with Crippen molar-refractivity contribution in [3.8, 4) is 101 Å². The molecule has 0 bridgehead atoms. The Kier molecular flexibility index (Phi) is 19.4. The quantitative estimate of drug-likeness (QED) is 0.0565. The van der Waals surface area contributed by atoms with Gasteiger partial charge in [-0.3, -0.25) is 37.7 Å². The summed E-state index contributed by atoms with van der Waals surface area (Å²) in [5.74, 6) is 4.72. The average Bonchev–Trinajstić information content (AvgIpc) is 1.30. The molecule has 25 nitrogen and oxygen atoms in total. The molecule has 15 rings (SSSR count). The van der Waals surface area contributed by atoms with E-state index in [9.17, 15) is 9.59 Å². The van der Waals surface area contributed by atoms with Crippen LogP contribution in [-0.4, -0.2) is 156 Å². The maximum absolute atomic E-state index is 12.0. The van der Waals surface area contributed by atoms with Gasteiger partial charge < -0.3 is 25.8 Å². The van der Waals surface area contributed by atoms with Crippen molar-refractivity contribution in [2.45, 2.75) is 58.3 Å². The Labute approximate surface area is 569 Å². The van der Waals surface area contributed by atoms with Gasteiger partial charge in [0.2, 0.25) is 11.8 Å². The number of rotatable bonds is 21. The lowest BCUT2D eigenvalue weighted by Crippen LogP contribution is -2.33. The molecule has 11 heterocycles. The summed E-state index contributed by atoms with van der Waals surface area (Å²) in [5.41, 5.74) is 14.6. The Balaban J connectivity index is 0.000000132. The first-order valence-electron chi connectivity index (χ1n) is 33.3. The second-order valence-corrected chi connectivity index (χ2v) is 25.6. The Morgan fingerprint density at radius 3 is 1.13 bits per heavy atom. The Hall–Kier alpha value is -11.5. The van der Waals surface area contributed by atoms with Gasteiger partial charge >= 0.3 is 0 Å². The van der Waals surface area contributed by atoms with Crippen molar-refractivity contribution in [1.29, 1.82) is 0 Å². The van der Waals surface area contributed by atoms with E-state index in [-0.39, 0.29) is 11.8 Å². The van der Waals surface area contributed by atoms with Crippen molar-refractivity contribution in [3.63, 3.8) is 0 Å². The largest absolute Gasteiger partial charge is 0.369 e. The highest BCUT2D eigenvalue weighted by atomic mass is 16.2. The highest BCUT2D eigenvalue weighted by molar-refractivity contribution is 5.81. The lowest BCUT2D eigenvalue weighted by molar-refractivity contribution is -0.128. The van der Waals surface area contributed by atoms with E-state index < -0.39 is 0 Å². The maximum Gasteiger partial charge on any atom is 0.222 e. The van der Waals surface area contributed by atoms with Gasteiger partial charge in [0, 0.05) is 190 Å². The number of anilines is 3. The SMILES string of the molecule is Cn1cc(-c2cccc(-c3ncc(-c4ccn(C)n4)c(NCC4(C)CCC4)n3)c2)cn1.Cn1cc(-c2cccc(-c3ncc(-c4ccn(C)n4)c(NCCCN4CCCC4=O)n3)c2)cn1.Cn1cc(-c2cccc(-c3ncc(-c4ccn(C)n4)c(NCCN4CCCC4=O)n3)c2)cn1. The van der Waals surface area contributed by atoms with Crippen LogP contribution in [0.1, 0.15) is 58.3 Å². The molecule has 9 aromatic heterocycles. The Bertz CT molecular complexity index is 4760. The molecule has 3 N–H and O–H groups in total. The molecule has 3 fully saturated rings. The van der Waals surface area contributed by atoms with E-state index in [1.54, 1.807) is 23.4 Å². The summed E-state index contributed by atoms with van der Waals surface area (Å²) in [6.07, 6.45) is 30.7. The van der Waals surface area contributed by atoms with Crippen LogP contribution in [0.2, 0.25) is 0 Å². The smallest absolute Gasteiger partial charge is 0.222 e. The zero-order chi connectivity index (χ0) is 67.7. The molecule has 0 atom stereocenters. The van der Waals surface area contributed by atoms with Crippen molar-refractivity contribution in [3.05, 3.63) is 165 Å². The van der Waals surface area contributed by atoms with Crippen LogP contribution in [0, 0.1) is 5.41 Å². The summed E-state index contributed by atoms with van der Waals surface area (Å²) >= 11 is 0. The van der Waals surface area contributed by atoms with Gasteiger partial charge in [0.15, 0.2) is 17.5 Å². The second-order valence-electron chi connectivity index (χ2n) is 25.6. The van der Waals surface area contributed by atoms with Crippen molar-refractivity contribution >= 4 is 29.3 Å². The van der Waals surface area contributed by atoms with Crippen LogP contribution in [-0.2, 0) is 51.9 Å². The van der Waals surface area contributed by atoms with Crippen LogP contribution >= 0.6 is 0 Å². The van der Waals surface area contributed by atoms with Crippen molar-refractivity contribution < 1.29 is 9.59 Å². The molecule has 2 saturated heterocycles. The van der Waals surface area contributed by atoms with Gasteiger partial charge in [0.25, 0.3) is 0 Å². The normalized spacial score (nSPS) is 14.0. The molecule has 2 aliphatic heterocycles. The summed E-state index contributed by atoms with van der Waals surface area (Å²) in [7, 11) is 11.4. The van der Waals surface area contributed by atoms with Crippen LogP contribution in [0.3, 0.4) is 0 Å². The molecule has 1 saturated carbocycles. The average molecular weight is 1310 g/mol. The minimum Gasteiger partial charge on any atom is -0.369 e. The van der Waals surface area contributed by atoms with E-state index in [4.69, 9.17) is 19.9 Å². The molecule has 12 aromatic rings. The monoisotopic (exact) mass is 1310 g/mol. The number of likely N-dealkylation sites (tertiary alicyclic amines) is 2. The zero-order valence-electron chi connectivity index (χ0n) is 56.5. The summed E-state index contributed by atoms with van der Waals surface area (Å²) in [6.45, 7) is 7.65. The summed E-state index contributed by atoms with van der Waals surface area (Å²) in [5, 5.41) is 36.9. The standard InChI is InChI=1S/C25H28N8O.C24H26N8O.C24H27N7/c1-31-13-9-22(30-31)21-16-27-24(19-7-3-6-18(14-19)20-15-28-32(2)17-20)29-25(21)26-10-5-12-33-11-4-8-23(33)34;1-30-11-8-21(29-30)20-15-26-23(28-24(20)25-9-12-32-10-4-7-22(32)33)18-6-3-5-17(13-18)19-14-27-31(2)16-19;1-24(9-5-10-24)16-26-23-20(21-8-11-30(2)29-21)14-25-22(28-23)18-7-4-6-17(12-18)19-13-27-31(3)15-19/h3,6-7,9,13-17H,4-5,8,10-12H2,1-2H3,(H,26,27,29);3,5-6,8,11,13-16H,4,7,9-10,12H2,1-2H3,(H,25,26,28);4,6-8,11-15H,5,9-10,16H2,1-3H3,(H,25,26,28). The number of hydrogen-bond donors (Lipinski definition) is 3. The molecule has 25 heteroatoms. The van der Waals surface area contributed by atoms with E-state index in [0.717, 1.165) is 141 Å². The topological polar surface area (TPSA) is 261 Å². The van der Waals surface area contributed by atoms with E-state index in [2.05, 4.69) is 99.8 Å². The van der Waals surface area contributed by atoms with Crippen LogP contribution in [0.5, 0.6) is 0 Å². The summed E-state index contributed by atoms with van der Waals surface area (Å²) < 4.78 is 10.7. The van der Waals surface area contributed by atoms with Crippen LogP contribution < -0.4 is 16.0 Å². The van der Waals surface area contributed by atoms with Crippen LogP contribution in [0.15, 0.2) is 165 Å². The molecular weight excluding hydrogens is 1230 g/mol. The first kappa shape index (κ1) is 65.2. The Morgan fingerprint density at radius 2 is 0.796 bits per heavy atom. The number of aromatic nitrogens is 18. The van der Waals surface area contributed by atoms with Gasteiger partial charge in [-0.1, -0.05) is 67.9 Å². The number of amides is 2. The molecule has 1 aliphatic carbocycles. The number of nitrogens with one attached hydrogen (secondary N) is 3. The fourth-order valence-electron chi connectivity index (χ4n) is 12.4. The van der Waals surface area contributed by atoms with Crippen LogP contribution in [0.4, 0.5) is 17.5 Å². The molecule has 2 amide bonds. The third-order valence-corrected chi connectivity index (χ3v) is 18.0. The van der Waals surface area contributed by atoms with E-state index in [0.29, 0.717) is 61.2 Å². The van der Waals surface area contributed by atoms with Gasteiger partial charge in [0.1, 0.15) is 17.5 Å². The fraction of sp³-hybridized carbons (Fsp3) is 0.315. The number of carbonyl (C=O) groups is 2. The second kappa shape index (κ2) is 29.2. The molecule has 500 valence electrons. The number of nitrogens with zero attached hydrogens (tertiary/aromatic N) is 20. The molecule has 0 spiro atoms. The minimum atomic E-state index is 0.220. The predicted molar refractivity (Wildman–Crippen MR) is 379 cm³/mol. The molecule has 0 radical (unpaired) electrons. The molecule has 98 heavy (non-hydrogen) atoms. The molecule has 0 unspecified atom stereocenters. The third kappa shape index (κ3) is 15.6. The van der Waals surface area contributed by atoms with Gasteiger partial charge in [-0.2, -0.15) is 30.6 Å². The maximum atomic E-state index is 12.0. The highest BCUT2D eigenvalue weighted by Crippen LogP contribution is 2.41. The van der Waals surface area contributed by atoms with E-state index >= 15 is 0 Å². The van der Waals surface area contributed by atoms with Crippen molar-refractivity contribution in [2.75, 3.05) is 61.8 Å². The van der Waals surface area contributed by atoms with Crippen molar-refractivity contribution in [1.82, 2.24) is 98.4 Å². The van der Waals surface area contributed by atoms with Gasteiger partial charge in [-0.25, -0.2) is 29.9 Å². The molecule has 3 aliphatic rings. The van der Waals surface area contributed by atoms with Crippen molar-refractivity contribution in [2.24, 2.45) is 47.7 Å². The summed E-state index contributed by atoms with van der Waals surface area (Å²) in [4.78, 5) is 56.3. The molecule has 3 aromatic carbocycles. The number of carbonyl (C=O) groups excluding carboxylic acids is 2. The van der Waals surface area contributed by atoms with Gasteiger partial charge in [0.05, 0.1) is 52.4 Å². The highest BCUT2D eigenvalue weighted by Gasteiger charge is 2.32. The van der Waals surface area contributed by atoms with Crippen LogP contribution in [0.25, 0.3) is 101 Å². The lowest BCUT2D eigenvalue weighted by Gasteiger charge is -2.38. The van der Waals surface area contributed by atoms with Gasteiger partial charge in [-0.05, 0) is 90.6 Å². The number of hydrogen-bond acceptors (Lipinski definition) is 17. The lowest BCUT2D eigenvalue weighted by atomic mass is 9.70. The number of benzene rings is 3.